The topological polar surface area (TPSA) is 94.1 Å². The van der Waals surface area contributed by atoms with Crippen LogP contribution in [0.3, 0.4) is 0 Å². The van der Waals surface area contributed by atoms with Crippen molar-refractivity contribution in [3.63, 3.8) is 0 Å². The van der Waals surface area contributed by atoms with Crippen LogP contribution >= 0.6 is 11.3 Å². The Hall–Kier alpha value is -1.89. The van der Waals surface area contributed by atoms with Gasteiger partial charge in [0.25, 0.3) is 0 Å². The number of nitrogens with two attached hydrogens (primary N) is 2. The van der Waals surface area contributed by atoms with Crippen LogP contribution in [-0.4, -0.2) is 21.6 Å². The number of rotatable bonds is 2. The van der Waals surface area contributed by atoms with Gasteiger partial charge in [0.2, 0.25) is 5.96 Å². The summed E-state index contributed by atoms with van der Waals surface area (Å²) in [5.41, 5.74) is 12.2. The summed E-state index contributed by atoms with van der Waals surface area (Å²) >= 11 is 1.63. The summed E-state index contributed by atoms with van der Waals surface area (Å²) < 4.78 is 1.97. The Balaban J connectivity index is 2.46. The summed E-state index contributed by atoms with van der Waals surface area (Å²) in [6, 6.07) is 0. The molecule has 0 amide bonds. The third-order valence-corrected chi connectivity index (χ3v) is 2.91. The van der Waals surface area contributed by atoms with Gasteiger partial charge in [-0.1, -0.05) is 0 Å². The van der Waals surface area contributed by atoms with Crippen molar-refractivity contribution in [3.05, 3.63) is 22.5 Å². The minimum atomic E-state index is -0.0591. The van der Waals surface area contributed by atoms with E-state index >= 15 is 0 Å². The first-order valence-corrected chi connectivity index (χ1v) is 5.46. The van der Waals surface area contributed by atoms with Gasteiger partial charge < -0.3 is 11.5 Å². The number of hydrogen-bond donors (Lipinski definition) is 2. The Morgan fingerprint density at radius 2 is 2.25 bits per heavy atom. The minimum Gasteiger partial charge on any atom is -0.369 e. The van der Waals surface area contributed by atoms with E-state index in [1.807, 2.05) is 24.4 Å². The van der Waals surface area contributed by atoms with E-state index in [0.29, 0.717) is 0 Å². The van der Waals surface area contributed by atoms with Crippen LogP contribution in [0.2, 0.25) is 0 Å². The Kier molecular flexibility index (Phi) is 2.61. The quantitative estimate of drug-likeness (QED) is 0.454. The maximum Gasteiger partial charge on any atom is 0.211 e. The standard InChI is InChI=1S/C9H12N6S/c1-5-4-15-7(3-12-14-8(10)11)6(2)13-9(15)16-5/h3-4H,1-2H3,(H4,10,11,14). The predicted molar refractivity (Wildman–Crippen MR) is 65.9 cm³/mol. The Bertz CT molecular complexity index is 572. The van der Waals surface area contributed by atoms with Gasteiger partial charge in [-0.05, 0) is 13.8 Å². The summed E-state index contributed by atoms with van der Waals surface area (Å²) in [6.07, 6.45) is 3.61. The first kappa shape index (κ1) is 10.6. The molecule has 4 N–H and O–H groups in total. The predicted octanol–water partition coefficient (Wildman–Crippen LogP) is 0.620. The van der Waals surface area contributed by atoms with Crippen LogP contribution in [0.25, 0.3) is 4.96 Å². The second kappa shape index (κ2) is 3.93. The van der Waals surface area contributed by atoms with Crippen molar-refractivity contribution >= 4 is 28.5 Å². The van der Waals surface area contributed by atoms with Crippen molar-refractivity contribution in [3.8, 4) is 0 Å². The van der Waals surface area contributed by atoms with Gasteiger partial charge >= 0.3 is 0 Å². The molecule has 0 fully saturated rings. The van der Waals surface area contributed by atoms with E-state index in [1.54, 1.807) is 17.6 Å². The number of thiazole rings is 1. The maximum atomic E-state index is 5.18. The maximum absolute atomic E-state index is 5.18. The van der Waals surface area contributed by atoms with Gasteiger partial charge in [-0.2, -0.15) is 5.10 Å². The third-order valence-electron chi connectivity index (χ3n) is 2.02. The number of fused-ring (bicyclic) bond motifs is 1. The van der Waals surface area contributed by atoms with Crippen molar-refractivity contribution in [1.29, 1.82) is 0 Å². The lowest BCUT2D eigenvalue weighted by molar-refractivity contribution is 1.16. The van der Waals surface area contributed by atoms with Crippen molar-refractivity contribution < 1.29 is 0 Å². The summed E-state index contributed by atoms with van der Waals surface area (Å²) in [5.74, 6) is -0.0591. The molecule has 2 aromatic heterocycles. The fraction of sp³-hybridized carbons (Fsp3) is 0.222. The zero-order valence-electron chi connectivity index (χ0n) is 9.01. The third kappa shape index (κ3) is 1.89. The van der Waals surface area contributed by atoms with Gasteiger partial charge in [0, 0.05) is 11.1 Å². The molecule has 0 aliphatic heterocycles. The molecule has 2 rings (SSSR count). The molecule has 16 heavy (non-hydrogen) atoms. The monoisotopic (exact) mass is 236 g/mol. The van der Waals surface area contributed by atoms with Gasteiger partial charge in [0.15, 0.2) is 4.96 Å². The molecule has 0 bridgehead atoms. The van der Waals surface area contributed by atoms with Crippen LogP contribution in [-0.2, 0) is 0 Å². The van der Waals surface area contributed by atoms with Crippen LogP contribution in [0.1, 0.15) is 16.3 Å². The molecule has 0 saturated heterocycles. The smallest absolute Gasteiger partial charge is 0.211 e. The summed E-state index contributed by atoms with van der Waals surface area (Å²) in [5, 5.41) is 7.35. The Labute approximate surface area is 96.3 Å². The van der Waals surface area contributed by atoms with Gasteiger partial charge in [0.1, 0.15) is 0 Å². The molecule has 0 atom stereocenters. The molecular weight excluding hydrogens is 224 g/mol. The number of hydrogen-bond acceptors (Lipinski definition) is 4. The summed E-state index contributed by atoms with van der Waals surface area (Å²) in [7, 11) is 0. The lowest BCUT2D eigenvalue weighted by atomic mass is 10.4. The van der Waals surface area contributed by atoms with E-state index in [1.165, 1.54) is 4.88 Å². The zero-order chi connectivity index (χ0) is 11.7. The Morgan fingerprint density at radius 3 is 2.94 bits per heavy atom. The van der Waals surface area contributed by atoms with E-state index in [9.17, 15) is 0 Å². The fourth-order valence-electron chi connectivity index (χ4n) is 1.39. The number of aryl methyl sites for hydroxylation is 2. The number of guanidine groups is 1. The molecule has 84 valence electrons. The highest BCUT2D eigenvalue weighted by Gasteiger charge is 2.08. The second-order valence-corrected chi connectivity index (χ2v) is 4.56. The van der Waals surface area contributed by atoms with E-state index in [2.05, 4.69) is 15.2 Å². The number of imidazole rings is 1. The van der Waals surface area contributed by atoms with Gasteiger partial charge in [0.05, 0.1) is 17.6 Å². The summed E-state index contributed by atoms with van der Waals surface area (Å²) in [6.45, 7) is 3.96. The Morgan fingerprint density at radius 1 is 1.50 bits per heavy atom. The first-order valence-electron chi connectivity index (χ1n) is 4.65. The highest BCUT2D eigenvalue weighted by atomic mass is 32.1. The van der Waals surface area contributed by atoms with Gasteiger partial charge in [-0.25, -0.2) is 4.98 Å². The van der Waals surface area contributed by atoms with Crippen molar-refractivity contribution in [2.24, 2.45) is 21.7 Å². The molecule has 0 aromatic carbocycles. The van der Waals surface area contributed by atoms with Gasteiger partial charge in [-0.3, -0.25) is 4.40 Å². The highest BCUT2D eigenvalue weighted by molar-refractivity contribution is 7.17. The molecule has 0 aliphatic carbocycles. The number of aromatic nitrogens is 2. The molecule has 0 unspecified atom stereocenters. The van der Waals surface area contributed by atoms with Crippen LogP contribution in [0.15, 0.2) is 16.4 Å². The van der Waals surface area contributed by atoms with Crippen LogP contribution < -0.4 is 11.5 Å². The van der Waals surface area contributed by atoms with E-state index in [0.717, 1.165) is 16.3 Å². The molecular formula is C9H12N6S. The zero-order valence-corrected chi connectivity index (χ0v) is 9.82. The largest absolute Gasteiger partial charge is 0.369 e. The first-order chi connectivity index (χ1) is 7.58. The lowest BCUT2D eigenvalue weighted by Gasteiger charge is -1.90. The van der Waals surface area contributed by atoms with Crippen LogP contribution in [0.5, 0.6) is 0 Å². The molecule has 0 radical (unpaired) electrons. The van der Waals surface area contributed by atoms with Crippen LogP contribution in [0, 0.1) is 13.8 Å². The molecule has 2 heterocycles. The van der Waals surface area contributed by atoms with Crippen molar-refractivity contribution in [1.82, 2.24) is 9.38 Å². The molecule has 0 aliphatic rings. The average molecular weight is 236 g/mol. The van der Waals surface area contributed by atoms with E-state index in [-0.39, 0.29) is 5.96 Å². The van der Waals surface area contributed by atoms with Crippen LogP contribution in [0.4, 0.5) is 0 Å². The average Bonchev–Trinajstić information content (AvgIpc) is 2.64. The molecule has 6 nitrogen and oxygen atoms in total. The van der Waals surface area contributed by atoms with Crippen molar-refractivity contribution in [2.45, 2.75) is 13.8 Å². The van der Waals surface area contributed by atoms with E-state index in [4.69, 9.17) is 11.5 Å². The molecule has 0 saturated carbocycles. The molecule has 7 heteroatoms. The van der Waals surface area contributed by atoms with E-state index < -0.39 is 0 Å². The summed E-state index contributed by atoms with van der Waals surface area (Å²) in [4.78, 5) is 6.55. The lowest BCUT2D eigenvalue weighted by Crippen LogP contribution is -2.21. The number of nitrogens with zero attached hydrogens (tertiary/aromatic N) is 4. The second-order valence-electron chi connectivity index (χ2n) is 3.35. The highest BCUT2D eigenvalue weighted by Crippen LogP contribution is 2.19. The normalized spacial score (nSPS) is 11.4. The van der Waals surface area contributed by atoms with Crippen molar-refractivity contribution in [2.75, 3.05) is 0 Å². The minimum absolute atomic E-state index is 0.0591. The SMILES string of the molecule is Cc1cn2c(C=NN=C(N)N)c(C)nc2s1. The van der Waals surface area contributed by atoms with Gasteiger partial charge in [-0.15, -0.1) is 16.4 Å². The fourth-order valence-corrected chi connectivity index (χ4v) is 2.26. The molecule has 2 aromatic rings. The molecule has 0 spiro atoms.